The first-order valence-electron chi connectivity index (χ1n) is 6.80. The van der Waals surface area contributed by atoms with Gasteiger partial charge in [0.25, 0.3) is 0 Å². The lowest BCUT2D eigenvalue weighted by Crippen LogP contribution is -2.30. The minimum atomic E-state index is 0.118. The summed E-state index contributed by atoms with van der Waals surface area (Å²) in [5.74, 6) is 5.81. The number of hydrazine groups is 1. The second-order valence-electron chi connectivity index (χ2n) is 5.29. The topological polar surface area (TPSA) is 38.0 Å². The maximum absolute atomic E-state index is 5.81. The van der Waals surface area contributed by atoms with Gasteiger partial charge in [0.15, 0.2) is 0 Å². The molecule has 0 fully saturated rings. The third-order valence-electron chi connectivity index (χ3n) is 3.87. The van der Waals surface area contributed by atoms with Crippen LogP contribution in [0.15, 0.2) is 40.9 Å². The number of nitrogens with two attached hydrogens (primary N) is 1. The SMILES string of the molecule is Cc1ccc(Br)cc1C(Cc1c(C)cccc1C)NN. The van der Waals surface area contributed by atoms with Crippen molar-refractivity contribution in [3.05, 3.63) is 68.7 Å². The van der Waals surface area contributed by atoms with E-state index in [4.69, 9.17) is 5.84 Å². The minimum Gasteiger partial charge on any atom is -0.271 e. The first-order chi connectivity index (χ1) is 9.52. The minimum absolute atomic E-state index is 0.118. The molecule has 3 heteroatoms. The second kappa shape index (κ2) is 6.53. The Labute approximate surface area is 129 Å². The molecule has 2 aromatic carbocycles. The van der Waals surface area contributed by atoms with Gasteiger partial charge in [-0.3, -0.25) is 11.3 Å². The second-order valence-corrected chi connectivity index (χ2v) is 6.21. The Morgan fingerprint density at radius 1 is 1.05 bits per heavy atom. The van der Waals surface area contributed by atoms with Crippen LogP contribution >= 0.6 is 15.9 Å². The Morgan fingerprint density at radius 3 is 2.30 bits per heavy atom. The molecular weight excluding hydrogens is 312 g/mol. The van der Waals surface area contributed by atoms with Crippen molar-refractivity contribution in [3.63, 3.8) is 0 Å². The summed E-state index contributed by atoms with van der Waals surface area (Å²) in [6.45, 7) is 6.43. The molecule has 1 unspecified atom stereocenters. The fraction of sp³-hybridized carbons (Fsp3) is 0.294. The number of hydrogen-bond acceptors (Lipinski definition) is 2. The molecule has 0 heterocycles. The number of rotatable bonds is 4. The predicted octanol–water partition coefficient (Wildman–Crippen LogP) is 4.12. The summed E-state index contributed by atoms with van der Waals surface area (Å²) in [7, 11) is 0. The van der Waals surface area contributed by atoms with Crippen molar-refractivity contribution in [1.29, 1.82) is 0 Å². The smallest absolute Gasteiger partial charge is 0.0503 e. The summed E-state index contributed by atoms with van der Waals surface area (Å²) in [6, 6.07) is 12.9. The largest absolute Gasteiger partial charge is 0.271 e. The molecule has 106 valence electrons. The normalized spacial score (nSPS) is 12.4. The van der Waals surface area contributed by atoms with Gasteiger partial charge in [-0.1, -0.05) is 40.2 Å². The van der Waals surface area contributed by atoms with Crippen LogP contribution in [0.3, 0.4) is 0 Å². The van der Waals surface area contributed by atoms with Gasteiger partial charge in [0, 0.05) is 4.47 Å². The molecule has 0 bridgehead atoms. The number of halogens is 1. The highest BCUT2D eigenvalue weighted by Gasteiger charge is 2.15. The van der Waals surface area contributed by atoms with Gasteiger partial charge < -0.3 is 0 Å². The standard InChI is InChI=1S/C17H21BrN2/c1-11-5-4-6-12(2)15(11)10-17(20-19)16-9-14(18)8-7-13(16)3/h4-9,17,20H,10,19H2,1-3H3. The van der Waals surface area contributed by atoms with Crippen molar-refractivity contribution in [2.24, 2.45) is 5.84 Å². The summed E-state index contributed by atoms with van der Waals surface area (Å²) >= 11 is 3.54. The third-order valence-corrected chi connectivity index (χ3v) is 4.36. The van der Waals surface area contributed by atoms with Crippen LogP contribution in [0.2, 0.25) is 0 Å². The Kier molecular flexibility index (Phi) is 4.97. The molecule has 2 nitrogen and oxygen atoms in total. The third kappa shape index (κ3) is 3.29. The molecule has 0 spiro atoms. The zero-order chi connectivity index (χ0) is 14.7. The zero-order valence-electron chi connectivity index (χ0n) is 12.2. The van der Waals surface area contributed by atoms with Crippen molar-refractivity contribution in [3.8, 4) is 0 Å². The van der Waals surface area contributed by atoms with E-state index in [1.54, 1.807) is 0 Å². The summed E-state index contributed by atoms with van der Waals surface area (Å²) in [5.41, 5.74) is 9.47. The van der Waals surface area contributed by atoms with Crippen LogP contribution in [0, 0.1) is 20.8 Å². The van der Waals surface area contributed by atoms with Crippen LogP contribution in [0.4, 0.5) is 0 Å². The Balaban J connectivity index is 2.36. The fourth-order valence-corrected chi connectivity index (χ4v) is 3.00. The zero-order valence-corrected chi connectivity index (χ0v) is 13.8. The van der Waals surface area contributed by atoms with E-state index in [-0.39, 0.29) is 6.04 Å². The molecule has 1 atom stereocenters. The van der Waals surface area contributed by atoms with Crippen molar-refractivity contribution < 1.29 is 0 Å². The average molecular weight is 333 g/mol. The van der Waals surface area contributed by atoms with Crippen molar-refractivity contribution in [2.45, 2.75) is 33.2 Å². The molecule has 0 aromatic heterocycles. The van der Waals surface area contributed by atoms with E-state index < -0.39 is 0 Å². The first-order valence-corrected chi connectivity index (χ1v) is 7.59. The summed E-state index contributed by atoms with van der Waals surface area (Å²) in [4.78, 5) is 0. The van der Waals surface area contributed by atoms with E-state index in [1.807, 2.05) is 0 Å². The molecule has 0 aliphatic carbocycles. The lowest BCUT2D eigenvalue weighted by atomic mass is 9.91. The van der Waals surface area contributed by atoms with Gasteiger partial charge in [0.05, 0.1) is 6.04 Å². The maximum atomic E-state index is 5.81. The van der Waals surface area contributed by atoms with Crippen LogP contribution in [0.25, 0.3) is 0 Å². The van der Waals surface area contributed by atoms with Crippen molar-refractivity contribution in [2.75, 3.05) is 0 Å². The molecule has 0 saturated heterocycles. The monoisotopic (exact) mass is 332 g/mol. The van der Waals surface area contributed by atoms with Gasteiger partial charge >= 0.3 is 0 Å². The number of aryl methyl sites for hydroxylation is 3. The van der Waals surface area contributed by atoms with Crippen LogP contribution in [-0.2, 0) is 6.42 Å². The van der Waals surface area contributed by atoms with Crippen molar-refractivity contribution in [1.82, 2.24) is 5.43 Å². The molecule has 0 aliphatic heterocycles. The van der Waals surface area contributed by atoms with E-state index in [2.05, 4.69) is 78.5 Å². The molecule has 0 aliphatic rings. The van der Waals surface area contributed by atoms with Crippen LogP contribution in [0.5, 0.6) is 0 Å². The van der Waals surface area contributed by atoms with Crippen LogP contribution in [-0.4, -0.2) is 0 Å². The predicted molar refractivity (Wildman–Crippen MR) is 88.6 cm³/mol. The molecule has 0 saturated carbocycles. The van der Waals surface area contributed by atoms with Gasteiger partial charge in [-0.15, -0.1) is 0 Å². The maximum Gasteiger partial charge on any atom is 0.0503 e. The van der Waals surface area contributed by atoms with Gasteiger partial charge in [0.1, 0.15) is 0 Å². The average Bonchev–Trinajstić information content (AvgIpc) is 2.42. The number of benzene rings is 2. The van der Waals surface area contributed by atoms with Crippen molar-refractivity contribution >= 4 is 15.9 Å². The summed E-state index contributed by atoms with van der Waals surface area (Å²) in [5, 5.41) is 0. The Bertz CT molecular complexity index is 588. The van der Waals surface area contributed by atoms with E-state index in [1.165, 1.54) is 27.8 Å². The van der Waals surface area contributed by atoms with Gasteiger partial charge in [-0.05, 0) is 67.1 Å². The van der Waals surface area contributed by atoms with E-state index in [0.29, 0.717) is 0 Å². The molecule has 2 rings (SSSR count). The molecule has 3 N–H and O–H groups in total. The molecule has 2 aromatic rings. The quantitative estimate of drug-likeness (QED) is 0.652. The van der Waals surface area contributed by atoms with Gasteiger partial charge in [-0.25, -0.2) is 0 Å². The summed E-state index contributed by atoms with van der Waals surface area (Å²) in [6.07, 6.45) is 0.895. The number of nitrogens with one attached hydrogen (secondary N) is 1. The highest BCUT2D eigenvalue weighted by molar-refractivity contribution is 9.10. The molecular formula is C17H21BrN2. The summed E-state index contributed by atoms with van der Waals surface area (Å²) < 4.78 is 1.08. The van der Waals surface area contributed by atoms with E-state index in [0.717, 1.165) is 10.9 Å². The Hall–Kier alpha value is -1.16. The lowest BCUT2D eigenvalue weighted by Gasteiger charge is -2.21. The van der Waals surface area contributed by atoms with E-state index >= 15 is 0 Å². The first kappa shape index (κ1) is 15.2. The molecule has 20 heavy (non-hydrogen) atoms. The highest BCUT2D eigenvalue weighted by atomic mass is 79.9. The van der Waals surface area contributed by atoms with E-state index in [9.17, 15) is 0 Å². The highest BCUT2D eigenvalue weighted by Crippen LogP contribution is 2.27. The number of hydrogen-bond donors (Lipinski definition) is 2. The fourth-order valence-electron chi connectivity index (χ4n) is 2.62. The molecule has 0 radical (unpaired) electrons. The van der Waals surface area contributed by atoms with Gasteiger partial charge in [0.2, 0.25) is 0 Å². The Morgan fingerprint density at radius 2 is 1.70 bits per heavy atom. The van der Waals surface area contributed by atoms with Crippen LogP contribution in [0.1, 0.15) is 33.9 Å². The lowest BCUT2D eigenvalue weighted by molar-refractivity contribution is 0.547. The molecule has 0 amide bonds. The van der Waals surface area contributed by atoms with Crippen LogP contribution < -0.4 is 11.3 Å². The van der Waals surface area contributed by atoms with Gasteiger partial charge in [-0.2, -0.15) is 0 Å².